The van der Waals surface area contributed by atoms with Crippen molar-refractivity contribution in [1.82, 2.24) is 30.4 Å². The molecule has 0 spiro atoms. The molecule has 2 atom stereocenters. The van der Waals surface area contributed by atoms with Gasteiger partial charge in [0, 0.05) is 73.7 Å². The molecule has 11 nitrogen and oxygen atoms in total. The number of anilines is 2. The standard InChI is InChI=1S/C27H31FN8O3/c1-15-12-36(13-16(2)31-15)23-6-5-20(25-21(23)11-30-27(33-25)39-8-7-29-17(3)37)26(38)32-19-9-18-14-35(4)34-24(18)22(28)10-19/h5-6,9-11,14-16,31H,7-8,12-13H2,1-4H3,(H,29,37)(H,32,38). The molecule has 5 rings (SSSR count). The van der Waals surface area contributed by atoms with Crippen LogP contribution in [0.3, 0.4) is 0 Å². The molecule has 3 N–H and O–H groups in total. The number of aromatic nitrogens is 4. The van der Waals surface area contributed by atoms with Crippen molar-refractivity contribution in [2.45, 2.75) is 32.9 Å². The van der Waals surface area contributed by atoms with Gasteiger partial charge in [-0.3, -0.25) is 14.3 Å². The van der Waals surface area contributed by atoms with Gasteiger partial charge in [0.05, 0.1) is 17.6 Å². The molecule has 2 aromatic heterocycles. The Kier molecular flexibility index (Phi) is 7.29. The summed E-state index contributed by atoms with van der Waals surface area (Å²) in [6.07, 6.45) is 3.34. The largest absolute Gasteiger partial charge is 0.462 e. The van der Waals surface area contributed by atoms with Crippen LogP contribution in [-0.2, 0) is 11.8 Å². The molecular weight excluding hydrogens is 503 g/mol. The first kappa shape index (κ1) is 26.3. The van der Waals surface area contributed by atoms with Gasteiger partial charge in [0.15, 0.2) is 5.82 Å². The zero-order valence-corrected chi connectivity index (χ0v) is 22.3. The predicted octanol–water partition coefficient (Wildman–Crippen LogP) is 2.61. The molecule has 1 saturated heterocycles. The van der Waals surface area contributed by atoms with Gasteiger partial charge in [-0.2, -0.15) is 10.1 Å². The van der Waals surface area contributed by atoms with Gasteiger partial charge in [-0.25, -0.2) is 9.37 Å². The quantitative estimate of drug-likeness (QED) is 0.309. The van der Waals surface area contributed by atoms with Crippen LogP contribution in [0.1, 0.15) is 31.1 Å². The highest BCUT2D eigenvalue weighted by Gasteiger charge is 2.25. The minimum Gasteiger partial charge on any atom is -0.462 e. The van der Waals surface area contributed by atoms with Crippen molar-refractivity contribution in [2.24, 2.45) is 7.05 Å². The molecule has 1 aliphatic heterocycles. The van der Waals surface area contributed by atoms with Gasteiger partial charge in [-0.05, 0) is 38.1 Å². The average Bonchev–Trinajstić information content (AvgIpc) is 3.25. The lowest BCUT2D eigenvalue weighted by molar-refractivity contribution is -0.119. The number of halogens is 1. The maximum absolute atomic E-state index is 14.6. The number of fused-ring (bicyclic) bond motifs is 2. The summed E-state index contributed by atoms with van der Waals surface area (Å²) in [7, 11) is 1.71. The topological polar surface area (TPSA) is 126 Å². The number of hydrogen-bond donors (Lipinski definition) is 3. The molecule has 2 aromatic carbocycles. The maximum atomic E-state index is 14.6. The lowest BCUT2D eigenvalue weighted by Crippen LogP contribution is -2.54. The van der Waals surface area contributed by atoms with Crippen molar-refractivity contribution >= 4 is 45.0 Å². The van der Waals surface area contributed by atoms with Crippen LogP contribution in [-0.4, -0.2) is 69.9 Å². The minimum atomic E-state index is -0.525. The Bertz CT molecular complexity index is 1550. The van der Waals surface area contributed by atoms with Crippen LogP contribution < -0.4 is 25.6 Å². The van der Waals surface area contributed by atoms with E-state index in [0.717, 1.165) is 18.8 Å². The molecule has 39 heavy (non-hydrogen) atoms. The van der Waals surface area contributed by atoms with E-state index in [9.17, 15) is 14.0 Å². The fourth-order valence-electron chi connectivity index (χ4n) is 4.99. The van der Waals surface area contributed by atoms with E-state index >= 15 is 0 Å². The summed E-state index contributed by atoms with van der Waals surface area (Å²) in [5.41, 5.74) is 2.16. The summed E-state index contributed by atoms with van der Waals surface area (Å²) < 4.78 is 21.8. The lowest BCUT2D eigenvalue weighted by atomic mass is 10.0. The highest BCUT2D eigenvalue weighted by Crippen LogP contribution is 2.31. The molecule has 0 radical (unpaired) electrons. The molecule has 12 heteroatoms. The lowest BCUT2D eigenvalue weighted by Gasteiger charge is -2.38. The first-order valence-corrected chi connectivity index (χ1v) is 12.8. The van der Waals surface area contributed by atoms with Gasteiger partial charge in [-0.1, -0.05) is 0 Å². The van der Waals surface area contributed by atoms with Crippen LogP contribution in [0.2, 0.25) is 0 Å². The van der Waals surface area contributed by atoms with Crippen LogP contribution in [0.25, 0.3) is 21.8 Å². The number of amides is 2. The highest BCUT2D eigenvalue weighted by atomic mass is 19.1. The first-order chi connectivity index (χ1) is 18.7. The van der Waals surface area contributed by atoms with Crippen LogP contribution in [0.15, 0.2) is 36.7 Å². The number of hydrogen-bond acceptors (Lipinski definition) is 8. The Hall–Kier alpha value is -4.32. The van der Waals surface area contributed by atoms with Gasteiger partial charge in [-0.15, -0.1) is 0 Å². The Morgan fingerprint density at radius 1 is 1.18 bits per heavy atom. The molecule has 204 valence electrons. The first-order valence-electron chi connectivity index (χ1n) is 12.8. The van der Waals surface area contributed by atoms with Crippen LogP contribution in [0, 0.1) is 5.82 Å². The van der Waals surface area contributed by atoms with Crippen molar-refractivity contribution < 1.29 is 18.7 Å². The Morgan fingerprint density at radius 2 is 1.95 bits per heavy atom. The van der Waals surface area contributed by atoms with E-state index in [1.165, 1.54) is 17.7 Å². The summed E-state index contributed by atoms with van der Waals surface area (Å²) in [5, 5.41) is 14.4. The number of piperazine rings is 1. The van der Waals surface area contributed by atoms with Crippen molar-refractivity contribution in [1.29, 1.82) is 0 Å². The highest BCUT2D eigenvalue weighted by molar-refractivity contribution is 6.14. The van der Waals surface area contributed by atoms with Gasteiger partial charge in [0.2, 0.25) is 5.91 Å². The second-order valence-electron chi connectivity index (χ2n) is 9.91. The van der Waals surface area contributed by atoms with E-state index < -0.39 is 11.7 Å². The number of aryl methyl sites for hydroxylation is 1. The van der Waals surface area contributed by atoms with Crippen molar-refractivity contribution in [3.05, 3.63) is 48.0 Å². The fourth-order valence-corrected chi connectivity index (χ4v) is 4.99. The second-order valence-corrected chi connectivity index (χ2v) is 9.91. The third-order valence-electron chi connectivity index (χ3n) is 6.49. The predicted molar refractivity (Wildman–Crippen MR) is 147 cm³/mol. The molecule has 0 saturated carbocycles. The van der Waals surface area contributed by atoms with E-state index in [-0.39, 0.29) is 36.1 Å². The van der Waals surface area contributed by atoms with Crippen LogP contribution in [0.4, 0.5) is 15.8 Å². The minimum absolute atomic E-state index is 0.0870. The molecule has 2 amide bonds. The Labute approximate surface area is 224 Å². The zero-order valence-electron chi connectivity index (χ0n) is 22.3. The molecule has 0 aliphatic carbocycles. The van der Waals surface area contributed by atoms with Crippen LogP contribution in [0.5, 0.6) is 6.01 Å². The smallest absolute Gasteiger partial charge is 0.317 e. The number of ether oxygens (including phenoxy) is 1. The van der Waals surface area contributed by atoms with Crippen LogP contribution >= 0.6 is 0 Å². The monoisotopic (exact) mass is 534 g/mol. The third kappa shape index (κ3) is 5.75. The van der Waals surface area contributed by atoms with Crippen molar-refractivity contribution in [3.8, 4) is 6.01 Å². The Balaban J connectivity index is 1.50. The number of rotatable bonds is 7. The van der Waals surface area contributed by atoms with Gasteiger partial charge < -0.3 is 25.6 Å². The number of nitrogens with zero attached hydrogens (tertiary/aromatic N) is 5. The molecule has 4 aromatic rings. The second kappa shape index (κ2) is 10.8. The molecule has 3 heterocycles. The number of carbonyl (C=O) groups is 2. The summed E-state index contributed by atoms with van der Waals surface area (Å²) in [4.78, 5) is 35.8. The summed E-state index contributed by atoms with van der Waals surface area (Å²) >= 11 is 0. The van der Waals surface area contributed by atoms with Crippen molar-refractivity contribution in [2.75, 3.05) is 36.5 Å². The van der Waals surface area contributed by atoms with E-state index in [1.807, 2.05) is 6.07 Å². The van der Waals surface area contributed by atoms with E-state index in [1.54, 1.807) is 31.6 Å². The Morgan fingerprint density at radius 3 is 2.69 bits per heavy atom. The normalized spacial score (nSPS) is 17.4. The number of carbonyl (C=O) groups excluding carboxylic acids is 2. The molecule has 1 fully saturated rings. The fraction of sp³-hybridized carbons (Fsp3) is 0.370. The van der Waals surface area contributed by atoms with E-state index in [0.29, 0.717) is 34.1 Å². The molecule has 0 bridgehead atoms. The van der Waals surface area contributed by atoms with Gasteiger partial charge in [0.1, 0.15) is 12.1 Å². The van der Waals surface area contributed by atoms with Crippen molar-refractivity contribution in [3.63, 3.8) is 0 Å². The summed E-state index contributed by atoms with van der Waals surface area (Å²) in [6, 6.07) is 7.19. The SMILES string of the molecule is CC(=O)NCCOc1ncc2c(N3CC(C)NC(C)C3)ccc(C(=O)Nc3cc(F)c4nn(C)cc4c3)c2n1. The van der Waals surface area contributed by atoms with Gasteiger partial charge in [0.25, 0.3) is 5.91 Å². The number of benzene rings is 2. The maximum Gasteiger partial charge on any atom is 0.317 e. The summed E-state index contributed by atoms with van der Waals surface area (Å²) in [6.45, 7) is 7.71. The molecule has 1 aliphatic rings. The average molecular weight is 535 g/mol. The third-order valence-corrected chi connectivity index (χ3v) is 6.49. The number of nitrogens with one attached hydrogen (secondary N) is 3. The van der Waals surface area contributed by atoms with E-state index in [4.69, 9.17) is 4.74 Å². The summed E-state index contributed by atoms with van der Waals surface area (Å²) in [5.74, 6) is -1.14. The molecule has 2 unspecified atom stereocenters. The zero-order chi connectivity index (χ0) is 27.7. The van der Waals surface area contributed by atoms with E-state index in [2.05, 4.69) is 49.8 Å². The molecular formula is C27H31FN8O3. The van der Waals surface area contributed by atoms with Gasteiger partial charge >= 0.3 is 6.01 Å².